The van der Waals surface area contributed by atoms with Crippen molar-refractivity contribution >= 4 is 44.8 Å². The van der Waals surface area contributed by atoms with Crippen LogP contribution in [-0.2, 0) is 15.4 Å². The minimum absolute atomic E-state index is 0.00304. The normalized spacial score (nSPS) is 13.9. The van der Waals surface area contributed by atoms with Gasteiger partial charge in [0.25, 0.3) is 21.8 Å². The molecule has 10 heteroatoms. The molecule has 1 aromatic heterocycles. The zero-order valence-corrected chi connectivity index (χ0v) is 19.6. The van der Waals surface area contributed by atoms with E-state index in [0.717, 1.165) is 16.7 Å². The lowest BCUT2D eigenvalue weighted by Gasteiger charge is -2.19. The number of nitrogens with zero attached hydrogens (tertiary/aromatic N) is 2. The molecular formula is C23H20ClN3O5S. The van der Waals surface area contributed by atoms with Crippen molar-refractivity contribution in [1.82, 2.24) is 0 Å². The number of hydrogen-bond donors (Lipinski definition) is 1. The first-order chi connectivity index (χ1) is 15.4. The molecule has 2 amide bonds. The van der Waals surface area contributed by atoms with E-state index in [2.05, 4.69) is 4.72 Å². The summed E-state index contributed by atoms with van der Waals surface area (Å²) in [6, 6.07) is 11.9. The van der Waals surface area contributed by atoms with E-state index in [1.54, 1.807) is 12.1 Å². The van der Waals surface area contributed by atoms with Crippen molar-refractivity contribution in [3.63, 3.8) is 0 Å². The average molecular weight is 486 g/mol. The Hall–Kier alpha value is -3.43. The van der Waals surface area contributed by atoms with Crippen molar-refractivity contribution < 1.29 is 22.7 Å². The van der Waals surface area contributed by atoms with Gasteiger partial charge in [0.15, 0.2) is 6.20 Å². The van der Waals surface area contributed by atoms with Crippen LogP contribution in [0, 0.1) is 5.21 Å². The Morgan fingerprint density at radius 3 is 2.21 bits per heavy atom. The highest BCUT2D eigenvalue weighted by Crippen LogP contribution is 2.37. The Bertz CT molecular complexity index is 1400. The molecule has 0 saturated carbocycles. The molecule has 4 rings (SSSR count). The molecule has 1 aliphatic rings. The Morgan fingerprint density at radius 2 is 1.61 bits per heavy atom. The van der Waals surface area contributed by atoms with Crippen LogP contribution in [0.2, 0.25) is 5.02 Å². The zero-order chi connectivity index (χ0) is 24.1. The predicted octanol–water partition coefficient (Wildman–Crippen LogP) is 3.87. The van der Waals surface area contributed by atoms with Gasteiger partial charge in [-0.3, -0.25) is 14.3 Å². The van der Waals surface area contributed by atoms with Gasteiger partial charge in [0, 0.05) is 6.07 Å². The molecule has 1 aliphatic heterocycles. The third-order valence-electron chi connectivity index (χ3n) is 5.28. The maximum atomic E-state index is 13.2. The number of carbonyl (C=O) groups is 2. The van der Waals surface area contributed by atoms with Gasteiger partial charge in [0.05, 0.1) is 26.7 Å². The molecule has 2 heterocycles. The van der Waals surface area contributed by atoms with Gasteiger partial charge >= 0.3 is 0 Å². The maximum Gasteiger partial charge on any atom is 0.268 e. The van der Waals surface area contributed by atoms with Crippen LogP contribution in [-0.4, -0.2) is 20.2 Å². The fourth-order valence-corrected chi connectivity index (χ4v) is 4.87. The first-order valence-electron chi connectivity index (χ1n) is 9.93. The molecular weight excluding hydrogens is 466 g/mol. The van der Waals surface area contributed by atoms with Gasteiger partial charge in [0.1, 0.15) is 5.69 Å². The van der Waals surface area contributed by atoms with Crippen LogP contribution in [0.25, 0.3) is 0 Å². The standard InChI is InChI=1S/C23H20ClN3O5S/c1-23(2,3)14-6-8-16(9-7-14)33(31,32)25-18-11-10-17(24)19-20(18)22(29)27(21(19)28)15-5-4-12-26(30)13-15/h4-13,25H,1-3H3. The fourth-order valence-electron chi connectivity index (χ4n) is 3.56. The number of benzene rings is 2. The smallest absolute Gasteiger partial charge is 0.268 e. The zero-order valence-electron chi connectivity index (χ0n) is 18.0. The number of rotatable bonds is 4. The third kappa shape index (κ3) is 4.05. The van der Waals surface area contributed by atoms with E-state index in [0.29, 0.717) is 4.73 Å². The summed E-state index contributed by atoms with van der Waals surface area (Å²) in [4.78, 5) is 27.0. The number of sulfonamides is 1. The SMILES string of the molecule is CC(C)(C)c1ccc(S(=O)(=O)Nc2ccc(Cl)c3c2C(=O)N(c2ccc[n+]([O-])c2)C3=O)cc1. The van der Waals surface area contributed by atoms with E-state index < -0.39 is 21.8 Å². The number of carbonyl (C=O) groups excluding carboxylic acids is 2. The lowest BCUT2D eigenvalue weighted by atomic mass is 9.87. The topological polar surface area (TPSA) is 110 Å². The van der Waals surface area contributed by atoms with Crippen LogP contribution < -0.4 is 14.4 Å². The van der Waals surface area contributed by atoms with Crippen LogP contribution in [0.1, 0.15) is 47.1 Å². The minimum Gasteiger partial charge on any atom is -0.619 e. The monoisotopic (exact) mass is 485 g/mol. The number of hydrogen-bond acceptors (Lipinski definition) is 5. The molecule has 0 radical (unpaired) electrons. The summed E-state index contributed by atoms with van der Waals surface area (Å²) >= 11 is 6.19. The number of halogens is 1. The van der Waals surface area contributed by atoms with Gasteiger partial charge in [0.2, 0.25) is 6.20 Å². The molecule has 0 aliphatic carbocycles. The van der Waals surface area contributed by atoms with Gasteiger partial charge in [-0.05, 0) is 41.3 Å². The van der Waals surface area contributed by atoms with Gasteiger partial charge in [-0.1, -0.05) is 44.5 Å². The highest BCUT2D eigenvalue weighted by atomic mass is 35.5. The van der Waals surface area contributed by atoms with Crippen LogP contribution in [0.5, 0.6) is 0 Å². The molecule has 3 aromatic rings. The van der Waals surface area contributed by atoms with Crippen LogP contribution in [0.15, 0.2) is 65.8 Å². The molecule has 0 atom stereocenters. The molecule has 0 bridgehead atoms. The summed E-state index contributed by atoms with van der Waals surface area (Å²) in [6.07, 6.45) is 2.27. The molecule has 0 spiro atoms. The summed E-state index contributed by atoms with van der Waals surface area (Å²) in [5, 5.41) is 11.6. The predicted molar refractivity (Wildman–Crippen MR) is 124 cm³/mol. The first kappa shape index (κ1) is 22.8. The lowest BCUT2D eigenvalue weighted by Crippen LogP contribution is -2.33. The van der Waals surface area contributed by atoms with Crippen molar-refractivity contribution in [1.29, 1.82) is 0 Å². The third-order valence-corrected chi connectivity index (χ3v) is 6.98. The van der Waals surface area contributed by atoms with Crippen LogP contribution >= 0.6 is 11.6 Å². The first-order valence-corrected chi connectivity index (χ1v) is 11.8. The Balaban J connectivity index is 1.74. The molecule has 8 nitrogen and oxygen atoms in total. The van der Waals surface area contributed by atoms with Crippen molar-refractivity contribution in [2.75, 3.05) is 9.62 Å². The Labute approximate surface area is 196 Å². The molecule has 170 valence electrons. The average Bonchev–Trinajstić information content (AvgIpc) is 3.01. The second-order valence-electron chi connectivity index (χ2n) is 8.59. The molecule has 0 fully saturated rings. The minimum atomic E-state index is -4.07. The van der Waals surface area contributed by atoms with Crippen molar-refractivity contribution in [3.8, 4) is 0 Å². The van der Waals surface area contributed by atoms with Gasteiger partial charge < -0.3 is 5.21 Å². The summed E-state index contributed by atoms with van der Waals surface area (Å²) < 4.78 is 28.9. The largest absolute Gasteiger partial charge is 0.619 e. The summed E-state index contributed by atoms with van der Waals surface area (Å²) in [7, 11) is -4.07. The molecule has 33 heavy (non-hydrogen) atoms. The number of nitrogens with one attached hydrogen (secondary N) is 1. The van der Waals surface area contributed by atoms with E-state index in [9.17, 15) is 23.2 Å². The molecule has 0 saturated heterocycles. The van der Waals surface area contributed by atoms with Gasteiger partial charge in [-0.2, -0.15) is 4.73 Å². The molecule has 0 unspecified atom stereocenters. The van der Waals surface area contributed by atoms with E-state index in [1.807, 2.05) is 20.8 Å². The second-order valence-corrected chi connectivity index (χ2v) is 10.7. The Kier molecular flexibility index (Phi) is 5.42. The number of imide groups is 1. The lowest BCUT2D eigenvalue weighted by molar-refractivity contribution is -0.604. The number of fused-ring (bicyclic) bond motifs is 1. The summed E-state index contributed by atoms with van der Waals surface area (Å²) in [6.45, 7) is 6.05. The van der Waals surface area contributed by atoms with Gasteiger partial charge in [-0.15, -0.1) is 0 Å². The number of aromatic nitrogens is 1. The quantitative estimate of drug-likeness (QED) is 0.342. The second kappa shape index (κ2) is 7.86. The van der Waals surface area contributed by atoms with E-state index >= 15 is 0 Å². The number of amides is 2. The highest BCUT2D eigenvalue weighted by Gasteiger charge is 2.41. The fraction of sp³-hybridized carbons (Fsp3) is 0.174. The van der Waals surface area contributed by atoms with Crippen LogP contribution in [0.3, 0.4) is 0 Å². The molecule has 1 N–H and O–H groups in total. The summed E-state index contributed by atoms with van der Waals surface area (Å²) in [5.74, 6) is -1.54. The van der Waals surface area contributed by atoms with Gasteiger partial charge in [-0.25, -0.2) is 13.3 Å². The van der Waals surface area contributed by atoms with E-state index in [-0.39, 0.29) is 37.8 Å². The summed E-state index contributed by atoms with van der Waals surface area (Å²) in [5.41, 5.74) is 0.462. The Morgan fingerprint density at radius 1 is 0.970 bits per heavy atom. The van der Waals surface area contributed by atoms with Crippen molar-refractivity contribution in [2.45, 2.75) is 31.1 Å². The maximum absolute atomic E-state index is 13.2. The van der Waals surface area contributed by atoms with E-state index in [1.165, 1.54) is 42.6 Å². The van der Waals surface area contributed by atoms with Crippen LogP contribution in [0.4, 0.5) is 11.4 Å². The highest BCUT2D eigenvalue weighted by molar-refractivity contribution is 7.92. The number of pyridine rings is 1. The molecule has 2 aromatic carbocycles. The van der Waals surface area contributed by atoms with Crippen molar-refractivity contribution in [3.05, 3.63) is 87.8 Å². The van der Waals surface area contributed by atoms with E-state index in [4.69, 9.17) is 11.6 Å². The van der Waals surface area contributed by atoms with Crippen molar-refractivity contribution in [2.24, 2.45) is 0 Å². The number of anilines is 2.